The van der Waals surface area contributed by atoms with Crippen LogP contribution in [0, 0.1) is 5.41 Å². The van der Waals surface area contributed by atoms with Crippen LogP contribution in [0.5, 0.6) is 0 Å². The van der Waals surface area contributed by atoms with E-state index in [1.807, 2.05) is 0 Å². The second-order valence-corrected chi connectivity index (χ2v) is 7.13. The highest BCUT2D eigenvalue weighted by molar-refractivity contribution is 5.90. The van der Waals surface area contributed by atoms with Crippen LogP contribution in [0.3, 0.4) is 0 Å². The highest BCUT2D eigenvalue weighted by atomic mass is 15.1. The molecule has 4 rings (SSSR count). The largest absolute Gasteiger partial charge is 0.366 e. The average molecular weight is 298 g/mol. The van der Waals surface area contributed by atoms with Gasteiger partial charge in [-0.3, -0.25) is 0 Å². The van der Waals surface area contributed by atoms with Gasteiger partial charge in [-0.05, 0) is 43.1 Å². The van der Waals surface area contributed by atoms with Crippen molar-refractivity contribution in [1.82, 2.24) is 15.0 Å². The van der Waals surface area contributed by atoms with Crippen LogP contribution in [0.15, 0.2) is 12.5 Å². The topological polar surface area (TPSA) is 53.6 Å². The molecule has 2 aromatic heterocycles. The van der Waals surface area contributed by atoms with Crippen LogP contribution in [0.4, 0.5) is 5.82 Å². The summed E-state index contributed by atoms with van der Waals surface area (Å²) in [6.07, 6.45) is 15.8. The number of anilines is 1. The lowest BCUT2D eigenvalue weighted by Gasteiger charge is -2.39. The highest BCUT2D eigenvalue weighted by Crippen LogP contribution is 2.50. The van der Waals surface area contributed by atoms with E-state index >= 15 is 0 Å². The molecule has 0 bridgehead atoms. The zero-order valence-corrected chi connectivity index (χ0v) is 13.5. The molecular formula is C18H26N4. The van der Waals surface area contributed by atoms with Gasteiger partial charge in [0.05, 0.1) is 5.39 Å². The number of hydrogen-bond donors (Lipinski definition) is 2. The number of fused-ring (bicyclic) bond motifs is 1. The van der Waals surface area contributed by atoms with Crippen LogP contribution in [-0.4, -0.2) is 21.0 Å². The lowest BCUT2D eigenvalue weighted by Crippen LogP contribution is -2.38. The maximum Gasteiger partial charge on any atom is 0.143 e. The third kappa shape index (κ3) is 2.20. The Morgan fingerprint density at radius 1 is 1.18 bits per heavy atom. The molecule has 4 heteroatoms. The molecule has 0 amide bonds. The van der Waals surface area contributed by atoms with E-state index in [0.717, 1.165) is 17.9 Å². The Hall–Kier alpha value is -1.58. The van der Waals surface area contributed by atoms with Crippen molar-refractivity contribution in [2.75, 3.05) is 5.32 Å². The molecule has 0 radical (unpaired) electrons. The lowest BCUT2D eigenvalue weighted by molar-refractivity contribution is 0.181. The van der Waals surface area contributed by atoms with Crippen molar-refractivity contribution < 1.29 is 0 Å². The van der Waals surface area contributed by atoms with Crippen LogP contribution in [0.2, 0.25) is 0 Å². The zero-order chi connectivity index (χ0) is 15.0. The molecule has 0 saturated heterocycles. The Balaban J connectivity index is 1.67. The van der Waals surface area contributed by atoms with Gasteiger partial charge in [0.15, 0.2) is 0 Å². The van der Waals surface area contributed by atoms with Gasteiger partial charge in [-0.2, -0.15) is 0 Å². The number of aromatic nitrogens is 3. The van der Waals surface area contributed by atoms with Crippen LogP contribution in [0.1, 0.15) is 63.9 Å². The van der Waals surface area contributed by atoms with E-state index in [-0.39, 0.29) is 0 Å². The fourth-order valence-corrected chi connectivity index (χ4v) is 4.80. The summed E-state index contributed by atoms with van der Waals surface area (Å²) in [6.45, 7) is 2.19. The van der Waals surface area contributed by atoms with Crippen LogP contribution in [-0.2, 0) is 6.42 Å². The van der Waals surface area contributed by atoms with Gasteiger partial charge in [-0.15, -0.1) is 0 Å². The Morgan fingerprint density at radius 2 is 2.00 bits per heavy atom. The smallest absolute Gasteiger partial charge is 0.143 e. The summed E-state index contributed by atoms with van der Waals surface area (Å²) < 4.78 is 0. The summed E-state index contributed by atoms with van der Waals surface area (Å²) >= 11 is 0. The van der Waals surface area contributed by atoms with E-state index in [9.17, 15) is 0 Å². The second kappa shape index (κ2) is 5.56. The van der Waals surface area contributed by atoms with Crippen molar-refractivity contribution in [2.24, 2.45) is 5.41 Å². The van der Waals surface area contributed by atoms with E-state index in [0.29, 0.717) is 11.5 Å². The quantitative estimate of drug-likeness (QED) is 0.881. The molecule has 4 nitrogen and oxygen atoms in total. The summed E-state index contributed by atoms with van der Waals surface area (Å²) in [5.74, 6) is 1.04. The van der Waals surface area contributed by atoms with Crippen LogP contribution < -0.4 is 5.32 Å². The minimum atomic E-state index is 0.526. The molecule has 2 heterocycles. The third-order valence-electron chi connectivity index (χ3n) is 6.00. The van der Waals surface area contributed by atoms with Crippen LogP contribution >= 0.6 is 0 Å². The average Bonchev–Trinajstić information content (AvgIpc) is 3.14. The first-order valence-corrected chi connectivity index (χ1v) is 8.90. The van der Waals surface area contributed by atoms with Gasteiger partial charge in [-0.25, -0.2) is 9.97 Å². The number of nitrogens with zero attached hydrogens (tertiary/aromatic N) is 2. The minimum Gasteiger partial charge on any atom is -0.366 e. The Morgan fingerprint density at radius 3 is 2.82 bits per heavy atom. The number of aryl methyl sites for hydroxylation is 1. The molecule has 2 aromatic rings. The predicted octanol–water partition coefficient (Wildman–Crippen LogP) is 4.44. The number of rotatable bonds is 3. The first kappa shape index (κ1) is 14.0. The highest BCUT2D eigenvalue weighted by Gasteiger charge is 2.43. The van der Waals surface area contributed by atoms with Crippen molar-refractivity contribution in [3.63, 3.8) is 0 Å². The first-order valence-electron chi connectivity index (χ1n) is 8.90. The summed E-state index contributed by atoms with van der Waals surface area (Å²) in [5, 5.41) is 5.03. The SMILES string of the molecule is CCc1c[nH]c2ncnc(NC3CCCC34CCCCC4)c12. The third-order valence-corrected chi connectivity index (χ3v) is 6.00. The fraction of sp³-hybridized carbons (Fsp3) is 0.667. The summed E-state index contributed by atoms with van der Waals surface area (Å²) in [5.41, 5.74) is 2.80. The monoisotopic (exact) mass is 298 g/mol. The van der Waals surface area contributed by atoms with E-state index in [1.165, 1.54) is 62.3 Å². The van der Waals surface area contributed by atoms with Gasteiger partial charge >= 0.3 is 0 Å². The number of aromatic amines is 1. The Labute approximate surface area is 132 Å². The normalized spacial score (nSPS) is 24.1. The van der Waals surface area contributed by atoms with Gasteiger partial charge in [0.2, 0.25) is 0 Å². The maximum absolute atomic E-state index is 4.59. The van der Waals surface area contributed by atoms with Gasteiger partial charge in [0.1, 0.15) is 17.8 Å². The molecule has 2 fully saturated rings. The van der Waals surface area contributed by atoms with E-state index < -0.39 is 0 Å². The Bertz CT molecular complexity index is 654. The first-order chi connectivity index (χ1) is 10.8. The van der Waals surface area contributed by atoms with Gasteiger partial charge in [0.25, 0.3) is 0 Å². The maximum atomic E-state index is 4.59. The summed E-state index contributed by atoms with van der Waals surface area (Å²) in [4.78, 5) is 12.3. The molecule has 0 aliphatic heterocycles. The second-order valence-electron chi connectivity index (χ2n) is 7.13. The van der Waals surface area contributed by atoms with Crippen molar-refractivity contribution in [3.05, 3.63) is 18.1 Å². The number of hydrogen-bond acceptors (Lipinski definition) is 3. The molecular weight excluding hydrogens is 272 g/mol. The van der Waals surface area contributed by atoms with Crippen LogP contribution in [0.25, 0.3) is 11.0 Å². The lowest BCUT2D eigenvalue weighted by atomic mass is 9.70. The molecule has 22 heavy (non-hydrogen) atoms. The zero-order valence-electron chi connectivity index (χ0n) is 13.5. The summed E-state index contributed by atoms with van der Waals surface area (Å²) in [6, 6.07) is 0.588. The van der Waals surface area contributed by atoms with E-state index in [1.54, 1.807) is 6.33 Å². The van der Waals surface area contributed by atoms with Gasteiger partial charge in [0, 0.05) is 12.2 Å². The van der Waals surface area contributed by atoms with Crippen molar-refractivity contribution in [2.45, 2.75) is 70.8 Å². The fourth-order valence-electron chi connectivity index (χ4n) is 4.80. The van der Waals surface area contributed by atoms with Gasteiger partial charge < -0.3 is 10.3 Å². The minimum absolute atomic E-state index is 0.526. The molecule has 2 aliphatic rings. The molecule has 0 aromatic carbocycles. The predicted molar refractivity (Wildman–Crippen MR) is 90.0 cm³/mol. The van der Waals surface area contributed by atoms with Crippen molar-refractivity contribution in [3.8, 4) is 0 Å². The molecule has 118 valence electrons. The molecule has 2 N–H and O–H groups in total. The molecule has 1 unspecified atom stereocenters. The number of nitrogens with one attached hydrogen (secondary N) is 2. The molecule has 1 atom stereocenters. The van der Waals surface area contributed by atoms with Gasteiger partial charge in [-0.1, -0.05) is 32.6 Å². The standard InChI is InChI=1S/C18H26N4/c1-2-13-11-19-16-15(13)17(21-12-20-16)22-14-7-6-10-18(14)8-4-3-5-9-18/h11-12,14H,2-10H2,1H3,(H2,19,20,21,22). The van der Waals surface area contributed by atoms with E-state index in [4.69, 9.17) is 0 Å². The summed E-state index contributed by atoms with van der Waals surface area (Å²) in [7, 11) is 0. The van der Waals surface area contributed by atoms with Crippen molar-refractivity contribution in [1.29, 1.82) is 0 Å². The molecule has 2 saturated carbocycles. The number of H-pyrrole nitrogens is 1. The molecule has 1 spiro atoms. The van der Waals surface area contributed by atoms with E-state index in [2.05, 4.69) is 33.4 Å². The molecule has 2 aliphatic carbocycles. The van der Waals surface area contributed by atoms with Crippen molar-refractivity contribution >= 4 is 16.9 Å². The Kier molecular flexibility index (Phi) is 3.55.